The molecule has 0 spiro atoms. The highest BCUT2D eigenvalue weighted by Gasteiger charge is 2.31. The molecule has 0 amide bonds. The molecular formula is C13H14F3NO. The molecule has 0 bridgehead atoms. The first-order chi connectivity index (χ1) is 8.46. The Morgan fingerprint density at radius 2 is 2.17 bits per heavy atom. The number of halogens is 3. The third kappa shape index (κ3) is 4.68. The van der Waals surface area contributed by atoms with Gasteiger partial charge >= 0.3 is 6.36 Å². The second-order valence-electron chi connectivity index (χ2n) is 3.70. The van der Waals surface area contributed by atoms with Gasteiger partial charge in [-0.25, -0.2) is 0 Å². The number of nitrogens with one attached hydrogen (secondary N) is 1. The minimum Gasteiger partial charge on any atom is -0.406 e. The maximum absolute atomic E-state index is 12.1. The SMILES string of the molecule is C#CCCC(NC)c1cccc(OC(F)(F)F)c1. The Balaban J connectivity index is 2.83. The van der Waals surface area contributed by atoms with E-state index in [4.69, 9.17) is 6.42 Å². The molecule has 1 rings (SSSR count). The van der Waals surface area contributed by atoms with Crippen LogP contribution in [0.15, 0.2) is 24.3 Å². The van der Waals surface area contributed by atoms with Gasteiger partial charge in [-0.15, -0.1) is 25.5 Å². The normalized spacial score (nSPS) is 12.8. The molecule has 0 saturated carbocycles. The smallest absolute Gasteiger partial charge is 0.406 e. The van der Waals surface area contributed by atoms with Crippen molar-refractivity contribution in [1.82, 2.24) is 5.32 Å². The zero-order chi connectivity index (χ0) is 13.6. The number of alkyl halides is 3. The third-order valence-electron chi connectivity index (χ3n) is 2.42. The first-order valence-corrected chi connectivity index (χ1v) is 5.42. The van der Waals surface area contributed by atoms with E-state index in [1.165, 1.54) is 18.2 Å². The van der Waals surface area contributed by atoms with Crippen LogP contribution in [0.5, 0.6) is 5.75 Å². The summed E-state index contributed by atoms with van der Waals surface area (Å²) in [7, 11) is 1.73. The van der Waals surface area contributed by atoms with Crippen LogP contribution >= 0.6 is 0 Å². The Hall–Kier alpha value is -1.67. The number of rotatable bonds is 5. The summed E-state index contributed by atoms with van der Waals surface area (Å²) in [5, 5.41) is 3.01. The quantitative estimate of drug-likeness (QED) is 0.817. The van der Waals surface area contributed by atoms with Crippen molar-refractivity contribution in [1.29, 1.82) is 0 Å². The van der Waals surface area contributed by atoms with E-state index >= 15 is 0 Å². The number of hydrogen-bond acceptors (Lipinski definition) is 2. The molecule has 98 valence electrons. The van der Waals surface area contributed by atoms with Crippen molar-refractivity contribution in [2.45, 2.75) is 25.2 Å². The lowest BCUT2D eigenvalue weighted by molar-refractivity contribution is -0.274. The van der Waals surface area contributed by atoms with E-state index in [0.29, 0.717) is 12.8 Å². The Labute approximate surface area is 104 Å². The summed E-state index contributed by atoms with van der Waals surface area (Å²) < 4.78 is 40.2. The van der Waals surface area contributed by atoms with Crippen LogP contribution in [0, 0.1) is 12.3 Å². The van der Waals surface area contributed by atoms with Gasteiger partial charge in [0.05, 0.1) is 0 Å². The maximum Gasteiger partial charge on any atom is 0.573 e. The molecule has 0 fully saturated rings. The number of ether oxygens (including phenoxy) is 1. The third-order valence-corrected chi connectivity index (χ3v) is 2.42. The standard InChI is InChI=1S/C13H14F3NO/c1-3-4-8-12(17-2)10-6-5-7-11(9-10)18-13(14,15)16/h1,5-7,9,12,17H,4,8H2,2H3. The summed E-state index contributed by atoms with van der Waals surface area (Å²) in [6.45, 7) is 0. The molecule has 1 N–H and O–H groups in total. The van der Waals surface area contributed by atoms with Crippen LogP contribution in [0.1, 0.15) is 24.4 Å². The summed E-state index contributed by atoms with van der Waals surface area (Å²) >= 11 is 0. The lowest BCUT2D eigenvalue weighted by Gasteiger charge is -2.17. The van der Waals surface area contributed by atoms with Crippen molar-refractivity contribution in [3.8, 4) is 18.1 Å². The van der Waals surface area contributed by atoms with Gasteiger partial charge in [0.2, 0.25) is 0 Å². The lowest BCUT2D eigenvalue weighted by atomic mass is 10.0. The van der Waals surface area contributed by atoms with Crippen LogP contribution < -0.4 is 10.1 Å². The molecule has 2 nitrogen and oxygen atoms in total. The minimum atomic E-state index is -4.67. The van der Waals surface area contributed by atoms with Crippen LogP contribution in [-0.4, -0.2) is 13.4 Å². The van der Waals surface area contributed by atoms with E-state index in [-0.39, 0.29) is 11.8 Å². The van der Waals surface area contributed by atoms with Gasteiger partial charge in [0.15, 0.2) is 0 Å². The first kappa shape index (κ1) is 14.4. The Kier molecular flexibility index (Phi) is 5.05. The topological polar surface area (TPSA) is 21.3 Å². The van der Waals surface area contributed by atoms with Gasteiger partial charge in [-0.2, -0.15) is 0 Å². The monoisotopic (exact) mass is 257 g/mol. The second-order valence-corrected chi connectivity index (χ2v) is 3.70. The van der Waals surface area contributed by atoms with Crippen molar-refractivity contribution < 1.29 is 17.9 Å². The summed E-state index contributed by atoms with van der Waals surface area (Å²) in [6.07, 6.45) is 1.70. The molecule has 0 aromatic heterocycles. The Morgan fingerprint density at radius 3 is 2.72 bits per heavy atom. The first-order valence-electron chi connectivity index (χ1n) is 5.42. The van der Waals surface area contributed by atoms with Gasteiger partial charge in [0.25, 0.3) is 0 Å². The average Bonchev–Trinajstić information content (AvgIpc) is 2.28. The van der Waals surface area contributed by atoms with Crippen LogP contribution in [0.4, 0.5) is 13.2 Å². The van der Waals surface area contributed by atoms with E-state index in [1.807, 2.05) is 0 Å². The Morgan fingerprint density at radius 1 is 1.44 bits per heavy atom. The number of benzene rings is 1. The zero-order valence-corrected chi connectivity index (χ0v) is 9.92. The highest BCUT2D eigenvalue weighted by molar-refractivity contribution is 5.30. The largest absolute Gasteiger partial charge is 0.573 e. The van der Waals surface area contributed by atoms with Gasteiger partial charge in [-0.1, -0.05) is 12.1 Å². The molecule has 18 heavy (non-hydrogen) atoms. The molecule has 1 unspecified atom stereocenters. The molecule has 0 radical (unpaired) electrons. The van der Waals surface area contributed by atoms with Crippen LogP contribution in [0.2, 0.25) is 0 Å². The lowest BCUT2D eigenvalue weighted by Crippen LogP contribution is -2.19. The maximum atomic E-state index is 12.1. The van der Waals surface area contributed by atoms with Crippen LogP contribution in [0.25, 0.3) is 0 Å². The van der Waals surface area contributed by atoms with Crippen molar-refractivity contribution in [3.05, 3.63) is 29.8 Å². The highest BCUT2D eigenvalue weighted by Crippen LogP contribution is 2.26. The van der Waals surface area contributed by atoms with E-state index in [0.717, 1.165) is 5.56 Å². The fourth-order valence-electron chi connectivity index (χ4n) is 1.63. The molecule has 5 heteroatoms. The van der Waals surface area contributed by atoms with Crippen molar-refractivity contribution in [3.63, 3.8) is 0 Å². The van der Waals surface area contributed by atoms with E-state index in [9.17, 15) is 13.2 Å². The number of terminal acetylenes is 1. The predicted octanol–water partition coefficient (Wildman–Crippen LogP) is 3.26. The molecule has 0 aliphatic rings. The molecule has 1 atom stereocenters. The molecule has 0 saturated heterocycles. The van der Waals surface area contributed by atoms with Gasteiger partial charge in [0, 0.05) is 12.5 Å². The molecule has 0 aliphatic carbocycles. The van der Waals surface area contributed by atoms with Gasteiger partial charge in [0.1, 0.15) is 5.75 Å². The summed E-state index contributed by atoms with van der Waals surface area (Å²) in [5.41, 5.74) is 0.717. The van der Waals surface area contributed by atoms with Crippen LogP contribution in [0.3, 0.4) is 0 Å². The summed E-state index contributed by atoms with van der Waals surface area (Å²) in [5.74, 6) is 2.28. The molecule has 0 heterocycles. The van der Waals surface area contributed by atoms with E-state index < -0.39 is 6.36 Å². The van der Waals surface area contributed by atoms with Gasteiger partial charge in [-0.05, 0) is 31.2 Å². The molecule has 1 aromatic rings. The highest BCUT2D eigenvalue weighted by atomic mass is 19.4. The van der Waals surface area contributed by atoms with Gasteiger partial charge < -0.3 is 10.1 Å². The average molecular weight is 257 g/mol. The molecule has 1 aromatic carbocycles. The van der Waals surface area contributed by atoms with E-state index in [2.05, 4.69) is 16.0 Å². The fraction of sp³-hybridized carbons (Fsp3) is 0.385. The van der Waals surface area contributed by atoms with Crippen LogP contribution in [-0.2, 0) is 0 Å². The van der Waals surface area contributed by atoms with Crippen molar-refractivity contribution in [2.24, 2.45) is 0 Å². The number of hydrogen-bond donors (Lipinski definition) is 1. The van der Waals surface area contributed by atoms with Crippen molar-refractivity contribution >= 4 is 0 Å². The predicted molar refractivity (Wildman–Crippen MR) is 63.0 cm³/mol. The summed E-state index contributed by atoms with van der Waals surface area (Å²) in [4.78, 5) is 0. The summed E-state index contributed by atoms with van der Waals surface area (Å²) in [6, 6.07) is 5.81. The van der Waals surface area contributed by atoms with E-state index in [1.54, 1.807) is 13.1 Å². The minimum absolute atomic E-state index is 0.0853. The second kappa shape index (κ2) is 6.31. The van der Waals surface area contributed by atoms with Gasteiger partial charge in [-0.3, -0.25) is 0 Å². The Bertz CT molecular complexity index is 423. The molecular weight excluding hydrogens is 243 g/mol. The zero-order valence-electron chi connectivity index (χ0n) is 9.92. The fourth-order valence-corrected chi connectivity index (χ4v) is 1.63. The van der Waals surface area contributed by atoms with Crippen molar-refractivity contribution in [2.75, 3.05) is 7.05 Å². The molecule has 0 aliphatic heterocycles.